The molecule has 0 saturated carbocycles. The molecule has 1 saturated heterocycles. The zero-order valence-electron chi connectivity index (χ0n) is 46.2. The van der Waals surface area contributed by atoms with Crippen LogP contribution in [0.3, 0.4) is 0 Å². The lowest BCUT2D eigenvalue weighted by atomic mass is 10.2. The minimum atomic E-state index is 0.884. The second-order valence-corrected chi connectivity index (χ2v) is 21.0. The highest BCUT2D eigenvalue weighted by atomic mass is 31.1. The summed E-state index contributed by atoms with van der Waals surface area (Å²) in [7, 11) is 2.77. The quantitative estimate of drug-likeness (QED) is 0.0962. The molecule has 0 bridgehead atoms. The van der Waals surface area contributed by atoms with Gasteiger partial charge in [-0.25, -0.2) is 0 Å². The molecule has 1 aromatic carbocycles. The van der Waals surface area contributed by atoms with Gasteiger partial charge in [0.15, 0.2) is 0 Å². The molecule has 0 spiro atoms. The Labute approximate surface area is 422 Å². The van der Waals surface area contributed by atoms with Crippen LogP contribution in [0, 0.1) is 12.8 Å². The number of benzene rings is 1. The van der Waals surface area contributed by atoms with E-state index >= 15 is 0 Å². The minimum Gasteiger partial charge on any atom is -0.372 e. The highest BCUT2D eigenvalue weighted by Crippen LogP contribution is 2.31. The second kappa shape index (κ2) is 48.7. The number of anilines is 1. The first-order valence-corrected chi connectivity index (χ1v) is 30.5. The van der Waals surface area contributed by atoms with Crippen LogP contribution in [-0.2, 0) is 0 Å². The maximum absolute atomic E-state index is 4.27. The molecule has 8 nitrogen and oxygen atoms in total. The third-order valence-electron chi connectivity index (χ3n) is 10.8. The molecule has 3 atom stereocenters. The Morgan fingerprint density at radius 3 is 1.51 bits per heavy atom. The molecule has 0 aromatic heterocycles. The van der Waals surface area contributed by atoms with Gasteiger partial charge in [-0.05, 0) is 70.9 Å². The van der Waals surface area contributed by atoms with E-state index in [0.29, 0.717) is 0 Å². The Balaban J connectivity index is 0. The summed E-state index contributed by atoms with van der Waals surface area (Å²) in [5.41, 5.74) is 7.04. The van der Waals surface area contributed by atoms with E-state index in [-0.39, 0.29) is 0 Å². The van der Waals surface area contributed by atoms with Gasteiger partial charge in [0.1, 0.15) is 0 Å². The SMILES string of the molecule is C=CCN1CCCN(C2=CN=CCP2)CC1.CC.CCC.CCC(C)C.CCCCN(CC)C1=CN=CCP1.CCCCN(CC)c1ccc(C)cc1.CCCCN(CCC)C1=CN=CCP1. The lowest BCUT2D eigenvalue weighted by Crippen LogP contribution is -2.30. The summed E-state index contributed by atoms with van der Waals surface area (Å²) in [5, 5.41) is 0. The normalized spacial score (nSPS) is 16.0. The third kappa shape index (κ3) is 35.4. The van der Waals surface area contributed by atoms with Crippen molar-refractivity contribution in [3.05, 3.63) is 77.4 Å². The van der Waals surface area contributed by atoms with E-state index in [1.807, 2.05) is 57.2 Å². The number of hydrogen-bond donors (Lipinski definition) is 0. The average Bonchev–Trinajstić information content (AvgIpc) is 3.62. The van der Waals surface area contributed by atoms with Crippen LogP contribution in [0.25, 0.3) is 0 Å². The van der Waals surface area contributed by atoms with Crippen molar-refractivity contribution >= 4 is 50.1 Å². The van der Waals surface area contributed by atoms with E-state index in [0.717, 1.165) is 82.9 Å². The molecular weight excluding hydrogens is 878 g/mol. The van der Waals surface area contributed by atoms with Gasteiger partial charge in [-0.3, -0.25) is 19.9 Å². The van der Waals surface area contributed by atoms with Crippen LogP contribution in [0.4, 0.5) is 5.69 Å². The van der Waals surface area contributed by atoms with Crippen LogP contribution < -0.4 is 4.90 Å². The molecule has 5 rings (SSSR count). The van der Waals surface area contributed by atoms with Crippen LogP contribution in [-0.4, -0.2) is 129 Å². The van der Waals surface area contributed by atoms with Crippen LogP contribution >= 0.6 is 25.7 Å². The maximum atomic E-state index is 4.27. The summed E-state index contributed by atoms with van der Waals surface area (Å²) in [6.07, 6.45) is 30.3. The molecule has 3 unspecified atom stereocenters. The Morgan fingerprint density at radius 2 is 1.09 bits per heavy atom. The Morgan fingerprint density at radius 1 is 0.612 bits per heavy atom. The monoisotopic (exact) mass is 985 g/mol. The van der Waals surface area contributed by atoms with Crippen molar-refractivity contribution in [2.75, 3.05) is 95.4 Å². The van der Waals surface area contributed by atoms with E-state index in [9.17, 15) is 0 Å². The third-order valence-corrected chi connectivity index (χ3v) is 14.4. The molecule has 67 heavy (non-hydrogen) atoms. The standard InChI is InChI=1S/C13H21N.C12H20N3P.C11H21N2P.C10H19N2P.C5H12.C3H8.C2H6/c1-4-6-11-14(5-2)13-9-7-12(3)8-10-13;1-2-5-14-6-3-7-15(9-8-14)12-11-13-4-10-16-12;1-3-5-8-13(7-4-2)11-10-12-6-9-14-11;1-3-5-7-12(4-2)10-9-11-6-8-13-10;1-4-5(2)3;1-3-2;1-2/h7-10H,4-6,11H2,1-3H3;2,4,11,16H,1,3,5-10H2;6,10,14H,3-5,7-9H2,1-2H3;6,9,13H,3-5,7-8H2,1-2H3;5H,4H2,1-3H3;3H2,1-2H3;1-2H3. The highest BCUT2D eigenvalue weighted by Gasteiger charge is 2.16. The van der Waals surface area contributed by atoms with E-state index in [1.54, 1.807) is 0 Å². The van der Waals surface area contributed by atoms with Crippen LogP contribution in [0.1, 0.15) is 160 Å². The van der Waals surface area contributed by atoms with Gasteiger partial charge in [-0.1, -0.05) is 158 Å². The van der Waals surface area contributed by atoms with E-state index < -0.39 is 0 Å². The van der Waals surface area contributed by atoms with Gasteiger partial charge in [-0.2, -0.15) is 0 Å². The molecule has 0 radical (unpaired) electrons. The molecule has 1 fully saturated rings. The fraction of sp³-hybridized carbons (Fsp3) is 0.696. The van der Waals surface area contributed by atoms with Gasteiger partial charge in [0.05, 0.1) is 16.3 Å². The topological polar surface area (TPSA) is 53.3 Å². The van der Waals surface area contributed by atoms with Crippen molar-refractivity contribution in [2.24, 2.45) is 20.9 Å². The van der Waals surface area contributed by atoms with Crippen molar-refractivity contribution in [3.63, 3.8) is 0 Å². The molecule has 4 aliphatic heterocycles. The predicted octanol–water partition coefficient (Wildman–Crippen LogP) is 15.6. The van der Waals surface area contributed by atoms with Crippen molar-refractivity contribution < 1.29 is 0 Å². The summed E-state index contributed by atoms with van der Waals surface area (Å²) >= 11 is 0. The molecule has 0 aliphatic carbocycles. The minimum absolute atomic E-state index is 0.884. The van der Waals surface area contributed by atoms with Gasteiger partial charge < -0.3 is 19.6 Å². The van der Waals surface area contributed by atoms with Crippen molar-refractivity contribution in [3.8, 4) is 0 Å². The summed E-state index contributed by atoms with van der Waals surface area (Å²) < 4.78 is 0. The predicted molar refractivity (Wildman–Crippen MR) is 317 cm³/mol. The summed E-state index contributed by atoms with van der Waals surface area (Å²) in [5.74, 6) is 0.884. The summed E-state index contributed by atoms with van der Waals surface area (Å²) in [6.45, 7) is 46.9. The first kappa shape index (κ1) is 66.7. The second-order valence-electron chi connectivity index (χ2n) is 17.2. The molecule has 4 heterocycles. The number of aliphatic imine (C=N–C) groups is 3. The van der Waals surface area contributed by atoms with E-state index in [4.69, 9.17) is 0 Å². The zero-order chi connectivity index (χ0) is 50.3. The van der Waals surface area contributed by atoms with Crippen molar-refractivity contribution in [1.29, 1.82) is 0 Å². The average molecular weight is 985 g/mol. The number of rotatable bonds is 20. The molecule has 11 heteroatoms. The number of nitrogens with zero attached hydrogens (tertiary/aromatic N) is 8. The fourth-order valence-corrected chi connectivity index (χ4v) is 9.72. The first-order chi connectivity index (χ1) is 32.6. The Hall–Kier alpha value is -2.36. The molecule has 0 amide bonds. The number of hydrogen-bond acceptors (Lipinski definition) is 8. The van der Waals surface area contributed by atoms with Crippen molar-refractivity contribution in [1.82, 2.24) is 19.6 Å². The van der Waals surface area contributed by atoms with Gasteiger partial charge in [0.2, 0.25) is 0 Å². The zero-order valence-corrected chi connectivity index (χ0v) is 49.2. The Bertz CT molecular complexity index is 1460. The van der Waals surface area contributed by atoms with Gasteiger partial charge >= 0.3 is 0 Å². The lowest BCUT2D eigenvalue weighted by molar-refractivity contribution is 0.308. The Kier molecular flexibility index (Phi) is 48.5. The molecule has 386 valence electrons. The maximum Gasteiger partial charge on any atom is 0.0527 e. The van der Waals surface area contributed by atoms with Crippen LogP contribution in [0.5, 0.6) is 0 Å². The van der Waals surface area contributed by atoms with Gasteiger partial charge in [0.25, 0.3) is 0 Å². The largest absolute Gasteiger partial charge is 0.372 e. The molecule has 1 aromatic rings. The molecular formula is C56H107N8P3. The van der Waals surface area contributed by atoms with Crippen LogP contribution in [0.2, 0.25) is 0 Å². The van der Waals surface area contributed by atoms with Gasteiger partial charge in [0, 0.05) is 133 Å². The fourth-order valence-electron chi connectivity index (χ4n) is 6.62. The summed E-state index contributed by atoms with van der Waals surface area (Å²) in [6, 6.07) is 8.80. The number of unbranched alkanes of at least 4 members (excludes halogenated alkanes) is 3. The smallest absolute Gasteiger partial charge is 0.0527 e. The highest BCUT2D eigenvalue weighted by molar-refractivity contribution is 7.44. The summed E-state index contributed by atoms with van der Waals surface area (Å²) in [4.78, 5) is 25.1. The molecule has 4 aliphatic rings. The first-order valence-electron chi connectivity index (χ1n) is 26.9. The van der Waals surface area contributed by atoms with E-state index in [1.165, 1.54) is 131 Å². The van der Waals surface area contributed by atoms with Crippen molar-refractivity contribution in [2.45, 2.75) is 161 Å². The van der Waals surface area contributed by atoms with E-state index in [2.05, 4.69) is 153 Å². The van der Waals surface area contributed by atoms with Gasteiger partial charge in [-0.15, -0.1) is 6.58 Å². The van der Waals surface area contributed by atoms with Crippen LogP contribution in [0.15, 0.2) is 86.8 Å². The molecule has 0 N–H and O–H groups in total. The number of aryl methyl sites for hydroxylation is 1. The lowest BCUT2D eigenvalue weighted by Gasteiger charge is -2.27.